The lowest BCUT2D eigenvalue weighted by Gasteiger charge is -2.17. The molecule has 0 unspecified atom stereocenters. The van der Waals surface area contributed by atoms with Gasteiger partial charge in [-0.1, -0.05) is 26.0 Å². The normalized spacial score (nSPS) is 12.5. The van der Waals surface area contributed by atoms with Gasteiger partial charge in [0.1, 0.15) is 10.0 Å². The van der Waals surface area contributed by atoms with Gasteiger partial charge in [0.2, 0.25) is 5.91 Å². The summed E-state index contributed by atoms with van der Waals surface area (Å²) in [5, 5.41) is 8.63. The molecule has 3 N–H and O–H groups in total. The molecule has 0 bridgehead atoms. The molecule has 0 aliphatic carbocycles. The molecule has 0 aliphatic rings. The van der Waals surface area contributed by atoms with Crippen molar-refractivity contribution in [3.8, 4) is 0 Å². The Morgan fingerprint density at radius 3 is 2.29 bits per heavy atom. The van der Waals surface area contributed by atoms with Gasteiger partial charge in [-0.2, -0.15) is 8.42 Å². The zero-order chi connectivity index (χ0) is 22.4. The predicted octanol–water partition coefficient (Wildman–Crippen LogP) is 3.58. The molecule has 2 heterocycles. The van der Waals surface area contributed by atoms with Crippen LogP contribution in [0.4, 0.5) is 5.69 Å². The quantitative estimate of drug-likeness (QED) is 0.381. The summed E-state index contributed by atoms with van der Waals surface area (Å²) in [4.78, 5) is 21.8. The van der Waals surface area contributed by atoms with Crippen molar-refractivity contribution in [1.29, 1.82) is 0 Å². The molecule has 8 nitrogen and oxygen atoms in total. The van der Waals surface area contributed by atoms with Crippen LogP contribution in [-0.4, -0.2) is 28.8 Å². The maximum absolute atomic E-state index is 12.7. The number of nitrogens with one attached hydrogen (secondary N) is 2. The summed E-state index contributed by atoms with van der Waals surface area (Å²) in [6.07, 6.45) is 2.35. The van der Waals surface area contributed by atoms with E-state index in [1.165, 1.54) is 22.7 Å². The molecule has 0 saturated heterocycles. The first-order valence-electron chi connectivity index (χ1n) is 9.76. The lowest BCUT2D eigenvalue weighted by molar-refractivity contribution is -0.121. The molecule has 3 aromatic rings. The van der Waals surface area contributed by atoms with E-state index in [-0.39, 0.29) is 24.1 Å². The van der Waals surface area contributed by atoms with Crippen molar-refractivity contribution in [2.24, 2.45) is 0 Å². The zero-order valence-electron chi connectivity index (χ0n) is 17.2. The molecule has 0 fully saturated rings. The minimum atomic E-state index is -4.32. The summed E-state index contributed by atoms with van der Waals surface area (Å²) in [6, 6.07) is 6.29. The third kappa shape index (κ3) is 7.10. The maximum Gasteiger partial charge on any atom is 0.357 e. The number of rotatable bonds is 10. The number of anilines is 1. The number of aromatic nitrogens is 2. The Bertz CT molecular complexity index is 1120. The van der Waals surface area contributed by atoms with E-state index in [1.807, 2.05) is 29.3 Å². The van der Waals surface area contributed by atoms with Crippen LogP contribution >= 0.6 is 22.7 Å². The van der Waals surface area contributed by atoms with E-state index in [4.69, 9.17) is 4.55 Å². The van der Waals surface area contributed by atoms with Crippen LogP contribution in [0, 0.1) is 0 Å². The van der Waals surface area contributed by atoms with Crippen LogP contribution in [0.5, 0.6) is 0 Å². The van der Waals surface area contributed by atoms with E-state index in [0.717, 1.165) is 39.8 Å². The number of thiazole rings is 2. The van der Waals surface area contributed by atoms with Crippen molar-refractivity contribution in [2.45, 2.75) is 45.6 Å². The summed E-state index contributed by atoms with van der Waals surface area (Å²) in [6.45, 7) is 4.06. The van der Waals surface area contributed by atoms with Crippen molar-refractivity contribution < 1.29 is 17.8 Å². The van der Waals surface area contributed by atoms with Crippen LogP contribution in [0.1, 0.15) is 46.9 Å². The highest BCUT2D eigenvalue weighted by Crippen LogP contribution is 2.24. The van der Waals surface area contributed by atoms with Crippen molar-refractivity contribution in [3.63, 3.8) is 0 Å². The Morgan fingerprint density at radius 2 is 1.71 bits per heavy atom. The number of carbonyl (C=O) groups is 1. The molecule has 0 saturated carbocycles. The third-order valence-electron chi connectivity index (χ3n) is 4.48. The van der Waals surface area contributed by atoms with Gasteiger partial charge in [-0.15, -0.1) is 22.7 Å². The van der Waals surface area contributed by atoms with E-state index >= 15 is 0 Å². The molecule has 166 valence electrons. The van der Waals surface area contributed by atoms with Gasteiger partial charge < -0.3 is 5.32 Å². The van der Waals surface area contributed by atoms with Gasteiger partial charge in [0.05, 0.1) is 29.5 Å². The highest BCUT2D eigenvalue weighted by atomic mass is 32.2. The molecule has 1 atom stereocenters. The topological polar surface area (TPSA) is 121 Å². The van der Waals surface area contributed by atoms with E-state index in [2.05, 4.69) is 15.3 Å². The van der Waals surface area contributed by atoms with Crippen LogP contribution in [0.15, 0.2) is 35.0 Å². The van der Waals surface area contributed by atoms with Crippen molar-refractivity contribution in [1.82, 2.24) is 15.3 Å². The number of hydrogen-bond acceptors (Lipinski definition) is 7. The summed E-state index contributed by atoms with van der Waals surface area (Å²) in [5.41, 5.74) is 3.10. The van der Waals surface area contributed by atoms with Gasteiger partial charge in [-0.3, -0.25) is 14.1 Å². The molecule has 0 radical (unpaired) electrons. The molecule has 2 aromatic heterocycles. The Kier molecular flexibility index (Phi) is 7.76. The van der Waals surface area contributed by atoms with E-state index in [9.17, 15) is 13.2 Å². The van der Waals surface area contributed by atoms with Crippen molar-refractivity contribution in [3.05, 3.63) is 62.0 Å². The predicted molar refractivity (Wildman–Crippen MR) is 123 cm³/mol. The van der Waals surface area contributed by atoms with E-state index in [1.54, 1.807) is 24.3 Å². The SMILES string of the molecule is CCc1csc(CC(=O)N[C@@H](Cc2ccc(NS(=O)(=O)O)cc2)c2nc(CC)cs2)n1. The summed E-state index contributed by atoms with van der Waals surface area (Å²) in [5.74, 6) is -0.125. The Morgan fingerprint density at radius 1 is 1.06 bits per heavy atom. The zero-order valence-corrected chi connectivity index (χ0v) is 19.6. The van der Waals surface area contributed by atoms with Crippen LogP contribution in [0.2, 0.25) is 0 Å². The van der Waals surface area contributed by atoms with Gasteiger partial charge in [-0.05, 0) is 37.0 Å². The molecule has 11 heteroatoms. The molecule has 0 aliphatic heterocycles. The third-order valence-corrected chi connectivity index (χ3v) is 6.88. The number of benzene rings is 1. The number of carbonyl (C=O) groups excluding carboxylic acids is 1. The molecule has 3 rings (SSSR count). The second-order valence-electron chi connectivity index (χ2n) is 6.89. The van der Waals surface area contributed by atoms with E-state index < -0.39 is 10.3 Å². The number of hydrogen-bond donors (Lipinski definition) is 3. The monoisotopic (exact) mass is 480 g/mol. The van der Waals surface area contributed by atoms with Gasteiger partial charge in [0.25, 0.3) is 0 Å². The van der Waals surface area contributed by atoms with Crippen LogP contribution in [0.25, 0.3) is 0 Å². The first-order valence-corrected chi connectivity index (χ1v) is 13.0. The fraction of sp³-hybridized carbons (Fsp3) is 0.350. The molecule has 31 heavy (non-hydrogen) atoms. The Hall–Kier alpha value is -2.34. The second kappa shape index (κ2) is 10.3. The molecule has 1 amide bonds. The molecule has 1 aromatic carbocycles. The van der Waals surface area contributed by atoms with Gasteiger partial charge in [0, 0.05) is 10.8 Å². The van der Waals surface area contributed by atoms with E-state index in [0.29, 0.717) is 6.42 Å². The molecular formula is C20H24N4O4S3. The standard InChI is InChI=1S/C20H24N4O4S3/c1-3-14-11-29-19(21-14)10-18(25)23-17(20-22-15(4-2)12-30-20)9-13-5-7-16(8-6-13)24-31(26,27)28/h5-8,11-12,17,24H,3-4,9-10H2,1-2H3,(H,23,25)(H,26,27,28)/t17-/m0/s1. The number of amides is 1. The fourth-order valence-corrected chi connectivity index (χ4v) is 5.18. The smallest absolute Gasteiger partial charge is 0.346 e. The fourth-order valence-electron chi connectivity index (χ4n) is 2.91. The Labute approximate surface area is 189 Å². The van der Waals surface area contributed by atoms with Gasteiger partial charge in [0.15, 0.2) is 0 Å². The van der Waals surface area contributed by atoms with Crippen LogP contribution < -0.4 is 10.0 Å². The van der Waals surface area contributed by atoms with Gasteiger partial charge >= 0.3 is 10.3 Å². The summed E-state index contributed by atoms with van der Waals surface area (Å²) in [7, 11) is -4.32. The summed E-state index contributed by atoms with van der Waals surface area (Å²) < 4.78 is 32.8. The van der Waals surface area contributed by atoms with Crippen molar-refractivity contribution in [2.75, 3.05) is 4.72 Å². The highest BCUT2D eigenvalue weighted by molar-refractivity contribution is 7.87. The molecule has 0 spiro atoms. The first kappa shape index (κ1) is 23.3. The summed E-state index contributed by atoms with van der Waals surface area (Å²) >= 11 is 2.99. The van der Waals surface area contributed by atoms with Crippen molar-refractivity contribution >= 4 is 44.6 Å². The van der Waals surface area contributed by atoms with Crippen LogP contribution in [0.3, 0.4) is 0 Å². The number of aryl methyl sites for hydroxylation is 2. The minimum absolute atomic E-state index is 0.125. The first-order chi connectivity index (χ1) is 14.8. The lowest BCUT2D eigenvalue weighted by atomic mass is 10.1. The second-order valence-corrected chi connectivity index (χ2v) is 9.88. The highest BCUT2D eigenvalue weighted by Gasteiger charge is 2.20. The van der Waals surface area contributed by atoms with Gasteiger partial charge in [-0.25, -0.2) is 9.97 Å². The average Bonchev–Trinajstić information content (AvgIpc) is 3.37. The Balaban J connectivity index is 1.74. The maximum atomic E-state index is 12.7. The minimum Gasteiger partial charge on any atom is -0.346 e. The van der Waals surface area contributed by atoms with Crippen LogP contribution in [-0.2, 0) is 40.8 Å². The molecular weight excluding hydrogens is 456 g/mol. The number of nitrogens with zero attached hydrogens (tertiary/aromatic N) is 2. The average molecular weight is 481 g/mol. The largest absolute Gasteiger partial charge is 0.357 e. The lowest BCUT2D eigenvalue weighted by Crippen LogP contribution is -2.31.